The molecular weight excluding hydrogens is 297 g/mol. The molecule has 0 bridgehead atoms. The van der Waals surface area contributed by atoms with E-state index in [1.165, 1.54) is 0 Å². The summed E-state index contributed by atoms with van der Waals surface area (Å²) >= 11 is 6.25. The zero-order valence-electron chi connectivity index (χ0n) is 11.4. The number of furan rings is 1. The predicted octanol–water partition coefficient (Wildman–Crippen LogP) is 3.46. The molecule has 0 saturated heterocycles. The van der Waals surface area contributed by atoms with Gasteiger partial charge in [0.15, 0.2) is 0 Å². The maximum atomic E-state index is 12.8. The number of hydrogen-bond acceptors (Lipinski definition) is 4. The van der Waals surface area contributed by atoms with Crippen LogP contribution < -0.4 is 4.74 Å². The number of carbonyl (C=O) groups is 1. The van der Waals surface area contributed by atoms with Crippen LogP contribution in [0, 0.1) is 0 Å². The first-order chi connectivity index (χ1) is 9.97. The van der Waals surface area contributed by atoms with Crippen LogP contribution in [0.15, 0.2) is 29.0 Å². The minimum absolute atomic E-state index is 0.00562. The molecule has 0 amide bonds. The van der Waals surface area contributed by atoms with Crippen molar-refractivity contribution >= 4 is 28.5 Å². The van der Waals surface area contributed by atoms with Crippen LogP contribution in [-0.2, 0) is 17.8 Å². The van der Waals surface area contributed by atoms with Gasteiger partial charge in [0.2, 0.25) is 5.83 Å². The highest BCUT2D eigenvalue weighted by Crippen LogP contribution is 2.39. The first-order valence-corrected chi connectivity index (χ1v) is 6.83. The van der Waals surface area contributed by atoms with E-state index in [1.807, 2.05) is 7.05 Å². The lowest BCUT2D eigenvalue weighted by Crippen LogP contribution is -2.19. The molecule has 21 heavy (non-hydrogen) atoms. The maximum absolute atomic E-state index is 12.8. The number of nitrogens with zero attached hydrogens (tertiary/aromatic N) is 1. The maximum Gasteiger partial charge on any atom is 0.374 e. The summed E-state index contributed by atoms with van der Waals surface area (Å²) in [6.45, 7) is 4.27. The number of esters is 1. The molecule has 1 aromatic carbocycles. The summed E-state index contributed by atoms with van der Waals surface area (Å²) < 4.78 is 23.4. The summed E-state index contributed by atoms with van der Waals surface area (Å²) in [5, 5.41) is 1.49. The van der Waals surface area contributed by atoms with E-state index in [0.717, 1.165) is 23.9 Å². The number of ether oxygens (including phenoxy) is 1. The Bertz CT molecular complexity index is 753. The molecular formula is C15H13ClFNO3. The molecule has 3 rings (SSSR count). The van der Waals surface area contributed by atoms with E-state index in [4.69, 9.17) is 20.8 Å². The van der Waals surface area contributed by atoms with E-state index in [-0.39, 0.29) is 5.95 Å². The summed E-state index contributed by atoms with van der Waals surface area (Å²) in [6.07, 6.45) is 0.766. The Morgan fingerprint density at radius 1 is 1.48 bits per heavy atom. The van der Waals surface area contributed by atoms with Crippen LogP contribution in [0.2, 0.25) is 5.02 Å². The van der Waals surface area contributed by atoms with Crippen molar-refractivity contribution in [3.63, 3.8) is 0 Å². The molecule has 110 valence electrons. The second kappa shape index (κ2) is 5.16. The molecule has 0 N–H and O–H groups in total. The third-order valence-corrected chi connectivity index (χ3v) is 3.90. The van der Waals surface area contributed by atoms with E-state index in [0.29, 0.717) is 22.7 Å². The first-order valence-electron chi connectivity index (χ1n) is 6.45. The Morgan fingerprint density at radius 2 is 2.24 bits per heavy atom. The number of carbonyl (C=O) groups excluding carboxylic acids is 1. The number of rotatable bonds is 2. The average molecular weight is 310 g/mol. The molecule has 0 fully saturated rings. The van der Waals surface area contributed by atoms with Gasteiger partial charge in [0.1, 0.15) is 5.58 Å². The van der Waals surface area contributed by atoms with Gasteiger partial charge in [0, 0.05) is 23.5 Å². The van der Waals surface area contributed by atoms with E-state index in [9.17, 15) is 9.18 Å². The van der Waals surface area contributed by atoms with Crippen molar-refractivity contribution < 1.29 is 18.3 Å². The lowest BCUT2D eigenvalue weighted by Gasteiger charge is -2.13. The molecule has 0 unspecified atom stereocenters. The third-order valence-electron chi connectivity index (χ3n) is 3.55. The number of benzene rings is 1. The topological polar surface area (TPSA) is 42.7 Å². The third kappa shape index (κ3) is 2.43. The molecule has 0 spiro atoms. The molecule has 0 atom stereocenters. The highest BCUT2D eigenvalue weighted by atomic mass is 35.5. The van der Waals surface area contributed by atoms with E-state index in [1.54, 1.807) is 12.1 Å². The van der Waals surface area contributed by atoms with E-state index < -0.39 is 11.8 Å². The van der Waals surface area contributed by atoms with Gasteiger partial charge >= 0.3 is 5.97 Å². The van der Waals surface area contributed by atoms with Crippen LogP contribution in [0.5, 0.6) is 5.95 Å². The van der Waals surface area contributed by atoms with Crippen LogP contribution in [0.4, 0.5) is 4.39 Å². The molecule has 2 aromatic rings. The smallest absolute Gasteiger partial charge is 0.374 e. The lowest BCUT2D eigenvalue weighted by atomic mass is 10.0. The number of hydrogen-bond donors (Lipinski definition) is 0. The van der Waals surface area contributed by atoms with Gasteiger partial charge in [0.25, 0.3) is 5.95 Å². The quantitative estimate of drug-likeness (QED) is 0.629. The molecule has 1 aromatic heterocycles. The Balaban J connectivity index is 2.18. The zero-order valence-corrected chi connectivity index (χ0v) is 12.2. The van der Waals surface area contributed by atoms with Gasteiger partial charge < -0.3 is 14.1 Å². The van der Waals surface area contributed by atoms with Crippen molar-refractivity contribution in [3.05, 3.63) is 40.7 Å². The standard InChI is InChI=1S/C15H13ClFNO3/c1-8(17)14(19)21-15-10-7-18(2)6-5-9-11(16)3-4-12(20-15)13(9)10/h3-4H,1,5-7H2,2H3. The van der Waals surface area contributed by atoms with Gasteiger partial charge in [-0.3, -0.25) is 0 Å². The van der Waals surface area contributed by atoms with E-state index >= 15 is 0 Å². The first kappa shape index (κ1) is 14.1. The largest absolute Gasteiger partial charge is 0.425 e. The van der Waals surface area contributed by atoms with Crippen molar-refractivity contribution in [1.29, 1.82) is 0 Å². The van der Waals surface area contributed by atoms with Crippen molar-refractivity contribution in [2.75, 3.05) is 13.6 Å². The highest BCUT2D eigenvalue weighted by molar-refractivity contribution is 6.32. The zero-order chi connectivity index (χ0) is 15.1. The summed E-state index contributed by atoms with van der Waals surface area (Å²) in [5.74, 6) is -2.31. The van der Waals surface area contributed by atoms with Crippen LogP contribution in [0.3, 0.4) is 0 Å². The second-order valence-electron chi connectivity index (χ2n) is 5.05. The lowest BCUT2D eigenvalue weighted by molar-refractivity contribution is -0.132. The fraction of sp³-hybridized carbons (Fsp3) is 0.267. The minimum atomic E-state index is -1.16. The fourth-order valence-electron chi connectivity index (χ4n) is 2.54. The van der Waals surface area contributed by atoms with Crippen molar-refractivity contribution in [3.8, 4) is 5.95 Å². The highest BCUT2D eigenvalue weighted by Gasteiger charge is 2.26. The molecule has 0 saturated carbocycles. The van der Waals surface area contributed by atoms with Crippen molar-refractivity contribution in [2.24, 2.45) is 0 Å². The number of halogens is 2. The Labute approximate surface area is 125 Å². The molecule has 1 aliphatic rings. The molecule has 1 aliphatic heterocycles. The molecule has 0 aliphatic carbocycles. The Kier molecular flexibility index (Phi) is 3.47. The monoisotopic (exact) mass is 309 g/mol. The summed E-state index contributed by atoms with van der Waals surface area (Å²) in [4.78, 5) is 13.5. The number of likely N-dealkylation sites (N-methyl/N-ethyl adjacent to an activating group) is 1. The van der Waals surface area contributed by atoms with Gasteiger partial charge in [-0.1, -0.05) is 18.2 Å². The normalized spacial score (nSPS) is 15.0. The van der Waals surface area contributed by atoms with Crippen LogP contribution in [-0.4, -0.2) is 24.5 Å². The molecule has 0 radical (unpaired) electrons. The summed E-state index contributed by atoms with van der Waals surface area (Å²) in [7, 11) is 1.94. The van der Waals surface area contributed by atoms with Gasteiger partial charge in [-0.15, -0.1) is 0 Å². The van der Waals surface area contributed by atoms with Crippen LogP contribution >= 0.6 is 11.6 Å². The summed E-state index contributed by atoms with van der Waals surface area (Å²) in [5.41, 5.74) is 2.24. The Hall–Kier alpha value is -1.85. The minimum Gasteiger partial charge on any atom is -0.425 e. The summed E-state index contributed by atoms with van der Waals surface area (Å²) in [6, 6.07) is 3.47. The SMILES string of the molecule is C=C(F)C(=O)Oc1oc2ccc(Cl)c3c2c1CN(C)CC3. The fourth-order valence-corrected chi connectivity index (χ4v) is 2.79. The van der Waals surface area contributed by atoms with Crippen LogP contribution in [0.1, 0.15) is 11.1 Å². The van der Waals surface area contributed by atoms with Gasteiger partial charge in [-0.05, 0) is 31.2 Å². The van der Waals surface area contributed by atoms with Gasteiger partial charge in [0.05, 0.1) is 5.56 Å². The second-order valence-corrected chi connectivity index (χ2v) is 5.46. The molecule has 4 nitrogen and oxygen atoms in total. The average Bonchev–Trinajstić information content (AvgIpc) is 2.64. The predicted molar refractivity (Wildman–Crippen MR) is 77.1 cm³/mol. The van der Waals surface area contributed by atoms with Gasteiger partial charge in [-0.25, -0.2) is 4.79 Å². The Morgan fingerprint density at radius 3 is 2.95 bits per heavy atom. The van der Waals surface area contributed by atoms with Crippen molar-refractivity contribution in [1.82, 2.24) is 4.90 Å². The van der Waals surface area contributed by atoms with E-state index in [2.05, 4.69) is 11.5 Å². The molecule has 6 heteroatoms. The van der Waals surface area contributed by atoms with Crippen LogP contribution in [0.25, 0.3) is 11.0 Å². The molecule has 2 heterocycles. The van der Waals surface area contributed by atoms with Gasteiger partial charge in [-0.2, -0.15) is 4.39 Å². The van der Waals surface area contributed by atoms with Crippen molar-refractivity contribution in [2.45, 2.75) is 13.0 Å².